The molecule has 0 radical (unpaired) electrons. The molecular weight excluding hydrogens is 240 g/mol. The van der Waals surface area contributed by atoms with Gasteiger partial charge in [0.25, 0.3) is 0 Å². The highest BCUT2D eigenvalue weighted by molar-refractivity contribution is 5.23. The van der Waals surface area contributed by atoms with E-state index in [4.69, 9.17) is 5.84 Å². The molecular formula is C11H13F2N5. The lowest BCUT2D eigenvalue weighted by molar-refractivity contribution is 0.457. The average molecular weight is 253 g/mol. The number of hydrazine groups is 1. The third kappa shape index (κ3) is 2.36. The molecule has 0 fully saturated rings. The van der Waals surface area contributed by atoms with Crippen molar-refractivity contribution in [2.75, 3.05) is 0 Å². The summed E-state index contributed by atoms with van der Waals surface area (Å²) < 4.78 is 28.4. The highest BCUT2D eigenvalue weighted by Gasteiger charge is 2.19. The van der Waals surface area contributed by atoms with Crippen LogP contribution in [0.2, 0.25) is 0 Å². The fourth-order valence-corrected chi connectivity index (χ4v) is 1.74. The van der Waals surface area contributed by atoms with Crippen molar-refractivity contribution < 1.29 is 8.78 Å². The summed E-state index contributed by atoms with van der Waals surface area (Å²) in [6.07, 6.45) is 1.71. The third-order valence-electron chi connectivity index (χ3n) is 2.75. The average Bonchev–Trinajstić information content (AvgIpc) is 2.76. The summed E-state index contributed by atoms with van der Waals surface area (Å²) in [5, 5.41) is 3.91. The molecule has 0 saturated carbocycles. The lowest BCUT2D eigenvalue weighted by atomic mass is 10.0. The Morgan fingerprint density at radius 1 is 1.44 bits per heavy atom. The van der Waals surface area contributed by atoms with Crippen LogP contribution in [0.5, 0.6) is 0 Å². The Hall–Kier alpha value is -1.86. The molecule has 2 aromatic rings. The predicted octanol–water partition coefficient (Wildman–Crippen LogP) is 0.840. The van der Waals surface area contributed by atoms with Gasteiger partial charge in [-0.1, -0.05) is 12.1 Å². The second-order valence-corrected chi connectivity index (χ2v) is 3.87. The second kappa shape index (κ2) is 5.19. The van der Waals surface area contributed by atoms with Crippen LogP contribution >= 0.6 is 0 Å². The first kappa shape index (κ1) is 12.6. The van der Waals surface area contributed by atoms with Gasteiger partial charge in [-0.05, 0) is 6.07 Å². The standard InChI is InChI=1S/C11H13F2N5/c1-18-10(15-6-16-18)5-9(17-14)7-3-2-4-8(12)11(7)13/h2-4,6,9,17H,5,14H2,1H3. The maximum atomic E-state index is 13.7. The van der Waals surface area contributed by atoms with E-state index in [-0.39, 0.29) is 5.56 Å². The number of aromatic nitrogens is 3. The fourth-order valence-electron chi connectivity index (χ4n) is 1.74. The van der Waals surface area contributed by atoms with Crippen LogP contribution < -0.4 is 11.3 Å². The van der Waals surface area contributed by atoms with Crippen LogP contribution in [-0.4, -0.2) is 14.8 Å². The Kier molecular flexibility index (Phi) is 3.63. The van der Waals surface area contributed by atoms with Gasteiger partial charge in [0.2, 0.25) is 0 Å². The van der Waals surface area contributed by atoms with Crippen molar-refractivity contribution in [2.45, 2.75) is 12.5 Å². The van der Waals surface area contributed by atoms with Crippen LogP contribution in [0, 0.1) is 11.6 Å². The molecule has 5 nitrogen and oxygen atoms in total. The normalized spacial score (nSPS) is 12.7. The number of nitrogens with two attached hydrogens (primary N) is 1. The number of nitrogens with zero attached hydrogens (tertiary/aromatic N) is 3. The summed E-state index contributed by atoms with van der Waals surface area (Å²) in [6.45, 7) is 0. The van der Waals surface area contributed by atoms with E-state index >= 15 is 0 Å². The fraction of sp³-hybridized carbons (Fsp3) is 0.273. The van der Waals surface area contributed by atoms with Crippen LogP contribution in [0.3, 0.4) is 0 Å². The van der Waals surface area contributed by atoms with E-state index in [1.165, 1.54) is 18.5 Å². The first-order valence-electron chi connectivity index (χ1n) is 5.36. The van der Waals surface area contributed by atoms with E-state index in [1.54, 1.807) is 11.7 Å². The van der Waals surface area contributed by atoms with Crippen molar-refractivity contribution in [1.82, 2.24) is 20.2 Å². The van der Waals surface area contributed by atoms with E-state index < -0.39 is 17.7 Å². The SMILES string of the molecule is Cn1ncnc1CC(NN)c1cccc(F)c1F. The molecule has 0 aliphatic carbocycles. The molecule has 1 heterocycles. The quantitative estimate of drug-likeness (QED) is 0.626. The van der Waals surface area contributed by atoms with Gasteiger partial charge in [-0.15, -0.1) is 0 Å². The van der Waals surface area contributed by atoms with Crippen molar-refractivity contribution in [3.05, 3.63) is 47.5 Å². The summed E-state index contributed by atoms with van der Waals surface area (Å²) in [5.41, 5.74) is 2.63. The first-order valence-corrected chi connectivity index (χ1v) is 5.36. The van der Waals surface area contributed by atoms with Crippen molar-refractivity contribution >= 4 is 0 Å². The zero-order chi connectivity index (χ0) is 13.1. The van der Waals surface area contributed by atoms with Crippen LogP contribution in [0.1, 0.15) is 17.4 Å². The summed E-state index contributed by atoms with van der Waals surface area (Å²) >= 11 is 0. The van der Waals surface area contributed by atoms with Gasteiger partial charge in [-0.25, -0.2) is 13.8 Å². The lowest BCUT2D eigenvalue weighted by Gasteiger charge is -2.16. The lowest BCUT2D eigenvalue weighted by Crippen LogP contribution is -2.31. The molecule has 0 spiro atoms. The molecule has 3 N–H and O–H groups in total. The van der Waals surface area contributed by atoms with Crippen LogP contribution in [0.15, 0.2) is 24.5 Å². The Labute approximate surface area is 103 Å². The molecule has 0 aliphatic rings. The predicted molar refractivity (Wildman–Crippen MR) is 61.1 cm³/mol. The molecule has 1 atom stereocenters. The van der Waals surface area contributed by atoms with Crippen molar-refractivity contribution in [1.29, 1.82) is 0 Å². The van der Waals surface area contributed by atoms with E-state index in [9.17, 15) is 8.78 Å². The number of hydrogen-bond acceptors (Lipinski definition) is 4. The van der Waals surface area contributed by atoms with Gasteiger partial charge in [0, 0.05) is 19.0 Å². The zero-order valence-corrected chi connectivity index (χ0v) is 9.77. The second-order valence-electron chi connectivity index (χ2n) is 3.87. The molecule has 1 unspecified atom stereocenters. The Bertz CT molecular complexity index is 540. The smallest absolute Gasteiger partial charge is 0.163 e. The first-order chi connectivity index (χ1) is 8.63. The van der Waals surface area contributed by atoms with Crippen LogP contribution in [0.25, 0.3) is 0 Å². The number of hydrogen-bond donors (Lipinski definition) is 2. The van der Waals surface area contributed by atoms with Gasteiger partial charge in [0.05, 0.1) is 6.04 Å². The number of halogens is 2. The highest BCUT2D eigenvalue weighted by atomic mass is 19.2. The van der Waals surface area contributed by atoms with Crippen molar-refractivity contribution in [2.24, 2.45) is 12.9 Å². The highest BCUT2D eigenvalue weighted by Crippen LogP contribution is 2.21. The molecule has 7 heteroatoms. The van der Waals surface area contributed by atoms with Gasteiger partial charge in [-0.3, -0.25) is 16.0 Å². The zero-order valence-electron chi connectivity index (χ0n) is 9.77. The van der Waals surface area contributed by atoms with Crippen LogP contribution in [-0.2, 0) is 13.5 Å². The maximum absolute atomic E-state index is 13.7. The monoisotopic (exact) mass is 253 g/mol. The third-order valence-corrected chi connectivity index (χ3v) is 2.75. The van der Waals surface area contributed by atoms with Crippen molar-refractivity contribution in [3.63, 3.8) is 0 Å². The molecule has 2 rings (SSSR count). The minimum absolute atomic E-state index is 0.167. The van der Waals surface area contributed by atoms with Gasteiger partial charge >= 0.3 is 0 Å². The van der Waals surface area contributed by atoms with Gasteiger partial charge < -0.3 is 0 Å². The largest absolute Gasteiger partial charge is 0.271 e. The van der Waals surface area contributed by atoms with Gasteiger partial charge in [-0.2, -0.15) is 5.10 Å². The maximum Gasteiger partial charge on any atom is 0.163 e. The molecule has 96 valence electrons. The minimum Gasteiger partial charge on any atom is -0.271 e. The summed E-state index contributed by atoms with van der Waals surface area (Å²) in [7, 11) is 1.72. The van der Waals surface area contributed by atoms with Crippen LogP contribution in [0.4, 0.5) is 8.78 Å². The number of rotatable bonds is 4. The molecule has 0 bridgehead atoms. The summed E-state index contributed by atoms with van der Waals surface area (Å²) in [6, 6.07) is 3.42. The summed E-state index contributed by atoms with van der Waals surface area (Å²) in [4.78, 5) is 4.02. The molecule has 0 amide bonds. The number of nitrogens with one attached hydrogen (secondary N) is 1. The Morgan fingerprint density at radius 2 is 2.22 bits per heavy atom. The van der Waals surface area contributed by atoms with E-state index in [2.05, 4.69) is 15.5 Å². The molecule has 0 aliphatic heterocycles. The molecule has 0 saturated heterocycles. The van der Waals surface area contributed by atoms with E-state index in [0.717, 1.165) is 6.07 Å². The molecule has 1 aromatic carbocycles. The topological polar surface area (TPSA) is 68.8 Å². The number of benzene rings is 1. The van der Waals surface area contributed by atoms with Gasteiger partial charge in [0.1, 0.15) is 12.2 Å². The molecule has 1 aromatic heterocycles. The minimum atomic E-state index is -0.900. The van der Waals surface area contributed by atoms with Crippen molar-refractivity contribution in [3.8, 4) is 0 Å². The molecule has 18 heavy (non-hydrogen) atoms. The van der Waals surface area contributed by atoms with E-state index in [1.807, 2.05) is 0 Å². The summed E-state index contributed by atoms with van der Waals surface area (Å²) in [5.74, 6) is 4.22. The Balaban J connectivity index is 2.29. The van der Waals surface area contributed by atoms with Gasteiger partial charge in [0.15, 0.2) is 11.6 Å². The number of aryl methyl sites for hydroxylation is 1. The van der Waals surface area contributed by atoms with E-state index in [0.29, 0.717) is 12.2 Å². The Morgan fingerprint density at radius 3 is 2.83 bits per heavy atom.